The molecule has 7 heteroatoms. The molecule has 1 aromatic carbocycles. The Balaban J connectivity index is 1.79. The summed E-state index contributed by atoms with van der Waals surface area (Å²) in [5.41, 5.74) is 0. The highest BCUT2D eigenvalue weighted by molar-refractivity contribution is 8.00. The van der Waals surface area contributed by atoms with Crippen molar-refractivity contribution in [3.05, 3.63) is 29.8 Å². The van der Waals surface area contributed by atoms with Crippen molar-refractivity contribution in [1.29, 1.82) is 0 Å². The lowest BCUT2D eigenvalue weighted by Gasteiger charge is -2.30. The summed E-state index contributed by atoms with van der Waals surface area (Å²) in [7, 11) is 0. The Labute approximate surface area is 150 Å². The molecule has 1 saturated carbocycles. The van der Waals surface area contributed by atoms with Crippen LogP contribution in [0.5, 0.6) is 0 Å². The van der Waals surface area contributed by atoms with Crippen LogP contribution < -0.4 is 5.32 Å². The molecule has 0 unspecified atom stereocenters. The summed E-state index contributed by atoms with van der Waals surface area (Å²) in [6.07, 6.45) is 3.35. The van der Waals surface area contributed by atoms with E-state index < -0.39 is 23.7 Å². The monoisotopic (exact) mass is 371 g/mol. The highest BCUT2D eigenvalue weighted by Crippen LogP contribution is 2.24. The van der Waals surface area contributed by atoms with Crippen LogP contribution in [0.25, 0.3) is 0 Å². The van der Waals surface area contributed by atoms with E-state index in [1.165, 1.54) is 13.3 Å². The van der Waals surface area contributed by atoms with E-state index >= 15 is 0 Å². The lowest BCUT2D eigenvalue weighted by molar-refractivity contribution is -0.152. The van der Waals surface area contributed by atoms with Crippen LogP contribution in [0.4, 0.5) is 8.78 Å². The second-order valence-electron chi connectivity index (χ2n) is 6.37. The van der Waals surface area contributed by atoms with Crippen LogP contribution in [-0.2, 0) is 14.3 Å². The average Bonchev–Trinajstić information content (AvgIpc) is 2.57. The van der Waals surface area contributed by atoms with E-state index in [2.05, 4.69) is 12.2 Å². The standard InChI is InChI=1S/C18H23F2NO3S/c1-11-5-3-4-6-15(11)21-18(23)12(2)24-17(22)10-25-16-9-13(19)7-8-14(16)20/h7-9,11-12,15H,3-6,10H2,1-2H3,(H,21,23)/t11-,12+,15-/m0/s1. The molecule has 0 heterocycles. The maximum Gasteiger partial charge on any atom is 0.317 e. The van der Waals surface area contributed by atoms with Gasteiger partial charge in [-0.2, -0.15) is 0 Å². The fourth-order valence-electron chi connectivity index (χ4n) is 2.84. The van der Waals surface area contributed by atoms with Gasteiger partial charge < -0.3 is 10.1 Å². The van der Waals surface area contributed by atoms with Crippen LogP contribution in [-0.4, -0.2) is 29.8 Å². The molecular weight excluding hydrogens is 348 g/mol. The van der Waals surface area contributed by atoms with Crippen LogP contribution in [0, 0.1) is 17.6 Å². The first kappa shape index (κ1) is 19.7. The lowest BCUT2D eigenvalue weighted by Crippen LogP contribution is -2.46. The van der Waals surface area contributed by atoms with Gasteiger partial charge >= 0.3 is 5.97 Å². The van der Waals surface area contributed by atoms with Crippen molar-refractivity contribution in [3.8, 4) is 0 Å². The van der Waals surface area contributed by atoms with E-state index in [4.69, 9.17) is 4.74 Å². The number of esters is 1. The van der Waals surface area contributed by atoms with Crippen LogP contribution >= 0.6 is 11.8 Å². The number of rotatable bonds is 6. The fraction of sp³-hybridized carbons (Fsp3) is 0.556. The van der Waals surface area contributed by atoms with Crippen molar-refractivity contribution in [1.82, 2.24) is 5.32 Å². The minimum absolute atomic E-state index is 0.0325. The number of amides is 1. The zero-order valence-corrected chi connectivity index (χ0v) is 15.2. The maximum absolute atomic E-state index is 13.5. The number of benzene rings is 1. The molecule has 25 heavy (non-hydrogen) atoms. The van der Waals surface area contributed by atoms with Gasteiger partial charge in [-0.3, -0.25) is 9.59 Å². The lowest BCUT2D eigenvalue weighted by atomic mass is 9.86. The second-order valence-corrected chi connectivity index (χ2v) is 7.39. The number of halogens is 2. The topological polar surface area (TPSA) is 55.4 Å². The highest BCUT2D eigenvalue weighted by Gasteiger charge is 2.26. The molecular formula is C18H23F2NO3S. The Morgan fingerprint density at radius 3 is 2.76 bits per heavy atom. The molecule has 1 fully saturated rings. The third-order valence-electron chi connectivity index (χ3n) is 4.36. The van der Waals surface area contributed by atoms with Gasteiger partial charge in [0.15, 0.2) is 6.10 Å². The van der Waals surface area contributed by atoms with Gasteiger partial charge in [0.2, 0.25) is 0 Å². The quantitative estimate of drug-likeness (QED) is 0.612. The van der Waals surface area contributed by atoms with E-state index in [9.17, 15) is 18.4 Å². The second kappa shape index (κ2) is 9.17. The zero-order chi connectivity index (χ0) is 18.4. The summed E-state index contributed by atoms with van der Waals surface area (Å²) in [4.78, 5) is 24.0. The van der Waals surface area contributed by atoms with Gasteiger partial charge in [-0.25, -0.2) is 8.78 Å². The van der Waals surface area contributed by atoms with Gasteiger partial charge in [-0.15, -0.1) is 11.8 Å². The van der Waals surface area contributed by atoms with Crippen LogP contribution in [0.2, 0.25) is 0 Å². The first-order chi connectivity index (χ1) is 11.9. The average molecular weight is 371 g/mol. The Morgan fingerprint density at radius 2 is 2.04 bits per heavy atom. The van der Waals surface area contributed by atoms with Gasteiger partial charge in [0.05, 0.1) is 5.75 Å². The van der Waals surface area contributed by atoms with E-state index in [1.807, 2.05) is 0 Å². The molecule has 1 aliphatic carbocycles. The Kier molecular flexibility index (Phi) is 7.23. The number of nitrogens with one attached hydrogen (secondary N) is 1. The number of hydrogen-bond donors (Lipinski definition) is 1. The molecule has 1 aromatic rings. The zero-order valence-electron chi connectivity index (χ0n) is 14.4. The third-order valence-corrected chi connectivity index (χ3v) is 5.36. The van der Waals surface area contributed by atoms with Crippen molar-refractivity contribution in [2.45, 2.75) is 56.6 Å². The maximum atomic E-state index is 13.5. The molecule has 0 radical (unpaired) electrons. The number of hydrogen-bond acceptors (Lipinski definition) is 4. The minimum Gasteiger partial charge on any atom is -0.452 e. The minimum atomic E-state index is -0.917. The molecule has 0 spiro atoms. The van der Waals surface area contributed by atoms with E-state index in [-0.39, 0.29) is 22.6 Å². The van der Waals surface area contributed by atoms with Crippen molar-refractivity contribution in [2.24, 2.45) is 5.92 Å². The summed E-state index contributed by atoms with van der Waals surface area (Å²) in [6, 6.07) is 3.15. The van der Waals surface area contributed by atoms with Crippen molar-refractivity contribution in [3.63, 3.8) is 0 Å². The van der Waals surface area contributed by atoms with Crippen molar-refractivity contribution in [2.75, 3.05) is 5.75 Å². The molecule has 138 valence electrons. The van der Waals surface area contributed by atoms with E-state index in [0.717, 1.165) is 49.2 Å². The largest absolute Gasteiger partial charge is 0.452 e. The number of thioether (sulfide) groups is 1. The summed E-state index contributed by atoms with van der Waals surface area (Å²) in [5.74, 6) is -1.94. The number of ether oxygens (including phenoxy) is 1. The summed E-state index contributed by atoms with van der Waals surface area (Å²) >= 11 is 0.838. The van der Waals surface area contributed by atoms with Crippen molar-refractivity contribution < 1.29 is 23.1 Å². The fourth-order valence-corrected chi connectivity index (χ4v) is 3.58. The summed E-state index contributed by atoms with van der Waals surface area (Å²) in [6.45, 7) is 3.61. The molecule has 3 atom stereocenters. The molecule has 0 aliphatic heterocycles. The van der Waals surface area contributed by atoms with Crippen molar-refractivity contribution >= 4 is 23.6 Å². The molecule has 0 aromatic heterocycles. The molecule has 1 amide bonds. The first-order valence-electron chi connectivity index (χ1n) is 8.44. The predicted molar refractivity (Wildman–Crippen MR) is 92.2 cm³/mol. The van der Waals surface area contributed by atoms with Gasteiger partial charge in [0, 0.05) is 10.9 Å². The van der Waals surface area contributed by atoms with Gasteiger partial charge in [-0.1, -0.05) is 19.8 Å². The Morgan fingerprint density at radius 1 is 1.32 bits per heavy atom. The third kappa shape index (κ3) is 5.99. The molecule has 0 saturated heterocycles. The molecule has 2 rings (SSSR count). The van der Waals surface area contributed by atoms with Gasteiger partial charge in [-0.05, 0) is 43.9 Å². The van der Waals surface area contributed by atoms with Crippen LogP contribution in [0.1, 0.15) is 39.5 Å². The SMILES string of the molecule is C[C@@H](OC(=O)CSc1cc(F)ccc1F)C(=O)N[C@H]1CCCC[C@@H]1C. The van der Waals surface area contributed by atoms with Gasteiger partial charge in [0.25, 0.3) is 5.91 Å². The van der Waals surface area contributed by atoms with Crippen LogP contribution in [0.3, 0.4) is 0 Å². The molecule has 4 nitrogen and oxygen atoms in total. The van der Waals surface area contributed by atoms with E-state index in [0.29, 0.717) is 5.92 Å². The summed E-state index contributed by atoms with van der Waals surface area (Å²) < 4.78 is 31.7. The molecule has 1 N–H and O–H groups in total. The number of carbonyl (C=O) groups is 2. The first-order valence-corrected chi connectivity index (χ1v) is 9.43. The molecule has 1 aliphatic rings. The highest BCUT2D eigenvalue weighted by atomic mass is 32.2. The predicted octanol–water partition coefficient (Wildman–Crippen LogP) is 3.68. The van der Waals surface area contributed by atoms with Gasteiger partial charge in [0.1, 0.15) is 11.6 Å². The van der Waals surface area contributed by atoms with Crippen LogP contribution in [0.15, 0.2) is 23.1 Å². The Hall–Kier alpha value is -1.63. The van der Waals surface area contributed by atoms with E-state index in [1.54, 1.807) is 0 Å². The summed E-state index contributed by atoms with van der Waals surface area (Å²) in [5, 5.41) is 2.93. The molecule has 0 bridgehead atoms. The smallest absolute Gasteiger partial charge is 0.317 e. The Bertz CT molecular complexity index is 626. The normalized spacial score (nSPS) is 21.4. The number of carbonyl (C=O) groups excluding carboxylic acids is 2.